The third kappa shape index (κ3) is 10.1. The maximum Gasteiger partial charge on any atom is 0.407 e. The summed E-state index contributed by atoms with van der Waals surface area (Å²) in [6, 6.07) is 0. The molecule has 0 unspecified atom stereocenters. The highest BCUT2D eigenvalue weighted by Gasteiger charge is 2.11. The standard InChI is InChI=1S/C12H27N3O2/c1-12(2,3)6-4-5-7-15-11(16)17-10(8-13)9-14/h10H,4-9,13-14H2,1-3H3,(H,15,16). The van der Waals surface area contributed by atoms with Gasteiger partial charge in [-0.3, -0.25) is 0 Å². The van der Waals surface area contributed by atoms with Crippen LogP contribution in [0.25, 0.3) is 0 Å². The van der Waals surface area contributed by atoms with E-state index in [1.807, 2.05) is 0 Å². The third-order valence-electron chi connectivity index (χ3n) is 2.42. The number of nitrogens with two attached hydrogens (primary N) is 2. The molecule has 0 rings (SSSR count). The third-order valence-corrected chi connectivity index (χ3v) is 2.42. The maximum atomic E-state index is 11.3. The van der Waals surface area contributed by atoms with Crippen molar-refractivity contribution in [2.75, 3.05) is 19.6 Å². The van der Waals surface area contributed by atoms with Gasteiger partial charge in [0, 0.05) is 19.6 Å². The van der Waals surface area contributed by atoms with E-state index in [-0.39, 0.29) is 19.2 Å². The summed E-state index contributed by atoms with van der Waals surface area (Å²) < 4.78 is 5.00. The van der Waals surface area contributed by atoms with Gasteiger partial charge < -0.3 is 21.5 Å². The number of amides is 1. The molecule has 0 bridgehead atoms. The van der Waals surface area contributed by atoms with Crippen LogP contribution in [0, 0.1) is 5.41 Å². The highest BCUT2D eigenvalue weighted by molar-refractivity contribution is 5.67. The molecule has 0 heterocycles. The summed E-state index contributed by atoms with van der Waals surface area (Å²) in [7, 11) is 0. The molecule has 0 saturated heterocycles. The molecule has 17 heavy (non-hydrogen) atoms. The molecule has 0 saturated carbocycles. The zero-order chi connectivity index (χ0) is 13.3. The summed E-state index contributed by atoms with van der Waals surface area (Å²) in [6.45, 7) is 7.78. The van der Waals surface area contributed by atoms with E-state index in [2.05, 4.69) is 26.1 Å². The fourth-order valence-electron chi connectivity index (χ4n) is 1.36. The van der Waals surface area contributed by atoms with Crippen LogP contribution in [0.4, 0.5) is 4.79 Å². The van der Waals surface area contributed by atoms with Crippen LogP contribution in [0.3, 0.4) is 0 Å². The predicted octanol–water partition coefficient (Wildman–Crippen LogP) is 1.22. The Morgan fingerprint density at radius 2 is 1.82 bits per heavy atom. The summed E-state index contributed by atoms with van der Waals surface area (Å²) in [6.07, 6.45) is 2.40. The van der Waals surface area contributed by atoms with Gasteiger partial charge in [0.15, 0.2) is 0 Å². The molecule has 0 fully saturated rings. The van der Waals surface area contributed by atoms with Crippen molar-refractivity contribution in [2.45, 2.75) is 46.1 Å². The van der Waals surface area contributed by atoms with E-state index in [9.17, 15) is 4.79 Å². The summed E-state index contributed by atoms with van der Waals surface area (Å²) in [5.74, 6) is 0. The molecule has 0 spiro atoms. The smallest absolute Gasteiger partial charge is 0.407 e. The first-order chi connectivity index (χ1) is 7.89. The Morgan fingerprint density at radius 1 is 1.24 bits per heavy atom. The number of unbranched alkanes of at least 4 members (excludes halogenated alkanes) is 1. The molecule has 0 aliphatic heterocycles. The lowest BCUT2D eigenvalue weighted by molar-refractivity contribution is 0.105. The number of carbonyl (C=O) groups is 1. The average molecular weight is 245 g/mol. The molecule has 5 heteroatoms. The molecule has 0 aromatic heterocycles. The SMILES string of the molecule is CC(C)(C)CCCCNC(=O)OC(CN)CN. The monoisotopic (exact) mass is 245 g/mol. The van der Waals surface area contributed by atoms with Crippen LogP contribution >= 0.6 is 0 Å². The number of hydrogen-bond acceptors (Lipinski definition) is 4. The van der Waals surface area contributed by atoms with E-state index in [4.69, 9.17) is 16.2 Å². The molecule has 5 nitrogen and oxygen atoms in total. The zero-order valence-corrected chi connectivity index (χ0v) is 11.3. The van der Waals surface area contributed by atoms with Gasteiger partial charge in [-0.25, -0.2) is 4.79 Å². The summed E-state index contributed by atoms with van der Waals surface area (Å²) in [5, 5.41) is 2.70. The van der Waals surface area contributed by atoms with Gasteiger partial charge in [-0.15, -0.1) is 0 Å². The lowest BCUT2D eigenvalue weighted by Gasteiger charge is -2.18. The van der Waals surface area contributed by atoms with E-state index < -0.39 is 6.09 Å². The highest BCUT2D eigenvalue weighted by atomic mass is 16.6. The summed E-state index contributed by atoms with van der Waals surface area (Å²) >= 11 is 0. The molecule has 0 aromatic carbocycles. The second kappa shape index (κ2) is 8.31. The fourth-order valence-corrected chi connectivity index (χ4v) is 1.36. The molecule has 102 valence electrons. The van der Waals surface area contributed by atoms with Gasteiger partial charge in [-0.2, -0.15) is 0 Å². The Labute approximate surface area is 104 Å². The normalized spacial score (nSPS) is 11.6. The van der Waals surface area contributed by atoms with Crippen LogP contribution in [0.1, 0.15) is 40.0 Å². The van der Waals surface area contributed by atoms with Crippen LogP contribution in [-0.2, 0) is 4.74 Å². The number of alkyl carbamates (subject to hydrolysis) is 1. The Balaban J connectivity index is 3.52. The largest absolute Gasteiger partial charge is 0.444 e. The van der Waals surface area contributed by atoms with Crippen LogP contribution in [0.2, 0.25) is 0 Å². The number of hydrogen-bond donors (Lipinski definition) is 3. The number of nitrogens with one attached hydrogen (secondary N) is 1. The second-order valence-corrected chi connectivity index (χ2v) is 5.44. The lowest BCUT2D eigenvalue weighted by atomic mass is 9.90. The van der Waals surface area contributed by atoms with Crippen molar-refractivity contribution < 1.29 is 9.53 Å². The summed E-state index contributed by atoms with van der Waals surface area (Å²) in [4.78, 5) is 11.3. The van der Waals surface area contributed by atoms with E-state index in [0.29, 0.717) is 12.0 Å². The van der Waals surface area contributed by atoms with E-state index in [1.54, 1.807) is 0 Å². The maximum absolute atomic E-state index is 11.3. The van der Waals surface area contributed by atoms with Crippen molar-refractivity contribution in [3.63, 3.8) is 0 Å². The van der Waals surface area contributed by atoms with Crippen LogP contribution in [0.15, 0.2) is 0 Å². The van der Waals surface area contributed by atoms with Gasteiger partial charge in [0.25, 0.3) is 0 Å². The highest BCUT2D eigenvalue weighted by Crippen LogP contribution is 2.21. The second-order valence-electron chi connectivity index (χ2n) is 5.44. The van der Waals surface area contributed by atoms with Crippen molar-refractivity contribution in [3.05, 3.63) is 0 Å². The number of ether oxygens (including phenoxy) is 1. The van der Waals surface area contributed by atoms with Gasteiger partial charge in [0.2, 0.25) is 0 Å². The molecule has 0 aliphatic rings. The minimum atomic E-state index is -0.429. The van der Waals surface area contributed by atoms with Gasteiger partial charge in [-0.1, -0.05) is 27.2 Å². The number of rotatable bonds is 7. The first-order valence-electron chi connectivity index (χ1n) is 6.23. The molecule has 0 aromatic rings. The van der Waals surface area contributed by atoms with E-state index in [1.165, 1.54) is 0 Å². The Kier molecular flexibility index (Phi) is 7.91. The first-order valence-corrected chi connectivity index (χ1v) is 6.23. The van der Waals surface area contributed by atoms with Gasteiger partial charge in [0.1, 0.15) is 6.10 Å². The molecule has 0 radical (unpaired) electrons. The van der Waals surface area contributed by atoms with Crippen molar-refractivity contribution in [3.8, 4) is 0 Å². The molecular weight excluding hydrogens is 218 g/mol. The van der Waals surface area contributed by atoms with Crippen molar-refractivity contribution >= 4 is 6.09 Å². The van der Waals surface area contributed by atoms with E-state index >= 15 is 0 Å². The minimum absolute atomic E-state index is 0.258. The fraction of sp³-hybridized carbons (Fsp3) is 0.917. The molecular formula is C12H27N3O2. The summed E-state index contributed by atoms with van der Waals surface area (Å²) in [5.41, 5.74) is 11.1. The number of carbonyl (C=O) groups excluding carboxylic acids is 1. The van der Waals surface area contributed by atoms with Gasteiger partial charge in [-0.05, 0) is 18.3 Å². The zero-order valence-electron chi connectivity index (χ0n) is 11.3. The quantitative estimate of drug-likeness (QED) is 0.588. The Morgan fingerprint density at radius 3 is 2.29 bits per heavy atom. The predicted molar refractivity (Wildman–Crippen MR) is 69.7 cm³/mol. The van der Waals surface area contributed by atoms with Gasteiger partial charge >= 0.3 is 6.09 Å². The van der Waals surface area contributed by atoms with Crippen molar-refractivity contribution in [2.24, 2.45) is 16.9 Å². The van der Waals surface area contributed by atoms with Crippen molar-refractivity contribution in [1.29, 1.82) is 0 Å². The molecule has 5 N–H and O–H groups in total. The molecule has 0 aliphatic carbocycles. The molecule has 0 atom stereocenters. The van der Waals surface area contributed by atoms with Crippen molar-refractivity contribution in [1.82, 2.24) is 5.32 Å². The average Bonchev–Trinajstić information content (AvgIpc) is 2.23. The first kappa shape index (κ1) is 16.2. The van der Waals surface area contributed by atoms with Crippen LogP contribution in [0.5, 0.6) is 0 Å². The lowest BCUT2D eigenvalue weighted by Crippen LogP contribution is -2.37. The Hall–Kier alpha value is -0.810. The Bertz CT molecular complexity index is 210. The topological polar surface area (TPSA) is 90.4 Å². The van der Waals surface area contributed by atoms with E-state index in [0.717, 1.165) is 19.3 Å². The van der Waals surface area contributed by atoms with Gasteiger partial charge in [0.05, 0.1) is 0 Å². The minimum Gasteiger partial charge on any atom is -0.444 e. The molecule has 1 amide bonds. The van der Waals surface area contributed by atoms with Crippen LogP contribution in [-0.4, -0.2) is 31.8 Å². The van der Waals surface area contributed by atoms with Crippen LogP contribution < -0.4 is 16.8 Å².